The highest BCUT2D eigenvalue weighted by Crippen LogP contribution is 2.38. The fourth-order valence-electron chi connectivity index (χ4n) is 3.65. The molecule has 9 heteroatoms. The average molecular weight is 441 g/mol. The SMILES string of the molecule is COC(=O)OC1C(C)=C(C)C(=O)N1C1=NN(c2ccccn2)C(c2ccc(Cl)cc2)C1. The predicted molar refractivity (Wildman–Crippen MR) is 115 cm³/mol. The van der Waals surface area contributed by atoms with Gasteiger partial charge in [0.1, 0.15) is 11.7 Å². The zero-order chi connectivity index (χ0) is 22.1. The molecule has 0 spiro atoms. The van der Waals surface area contributed by atoms with Crippen molar-refractivity contribution in [3.05, 3.63) is 70.4 Å². The first-order valence-electron chi connectivity index (χ1n) is 9.69. The minimum atomic E-state index is -0.909. The summed E-state index contributed by atoms with van der Waals surface area (Å²) in [6.07, 6.45) is 0.312. The van der Waals surface area contributed by atoms with Crippen LogP contribution in [-0.4, -0.2) is 41.1 Å². The van der Waals surface area contributed by atoms with E-state index in [-0.39, 0.29) is 11.9 Å². The zero-order valence-electron chi connectivity index (χ0n) is 17.3. The van der Waals surface area contributed by atoms with Gasteiger partial charge in [0, 0.05) is 23.2 Å². The molecule has 0 saturated carbocycles. The summed E-state index contributed by atoms with van der Waals surface area (Å²) in [6.45, 7) is 3.46. The molecule has 0 radical (unpaired) electrons. The third kappa shape index (κ3) is 3.86. The monoisotopic (exact) mass is 440 g/mol. The first-order valence-corrected chi connectivity index (χ1v) is 10.1. The number of carbonyl (C=O) groups is 2. The standard InChI is InChI=1S/C22H21ClN4O4/c1-13-14(2)21(31-22(29)30-3)26(20(13)28)19-12-17(15-7-9-16(23)10-8-15)27(25-19)18-6-4-5-11-24-18/h4-11,17,21H,12H2,1-3H3. The van der Waals surface area contributed by atoms with Crippen LogP contribution in [0.25, 0.3) is 0 Å². The van der Waals surface area contributed by atoms with Crippen LogP contribution in [0.5, 0.6) is 0 Å². The number of ether oxygens (including phenoxy) is 2. The van der Waals surface area contributed by atoms with Crippen molar-refractivity contribution in [3.8, 4) is 0 Å². The van der Waals surface area contributed by atoms with Gasteiger partial charge in [-0.2, -0.15) is 5.10 Å². The third-order valence-electron chi connectivity index (χ3n) is 5.42. The van der Waals surface area contributed by atoms with Gasteiger partial charge in [-0.25, -0.2) is 14.8 Å². The Hall–Kier alpha value is -3.39. The molecule has 0 aliphatic carbocycles. The molecule has 160 valence electrons. The molecule has 8 nitrogen and oxygen atoms in total. The van der Waals surface area contributed by atoms with Gasteiger partial charge in [0.15, 0.2) is 0 Å². The van der Waals surface area contributed by atoms with Crippen LogP contribution < -0.4 is 5.01 Å². The predicted octanol–water partition coefficient (Wildman–Crippen LogP) is 4.29. The largest absolute Gasteiger partial charge is 0.510 e. The number of amides is 1. The maximum atomic E-state index is 13.0. The second-order valence-electron chi connectivity index (χ2n) is 7.23. The van der Waals surface area contributed by atoms with Crippen LogP contribution >= 0.6 is 11.6 Å². The molecular weight excluding hydrogens is 420 g/mol. The molecule has 2 unspecified atom stereocenters. The molecular formula is C22H21ClN4O4. The fraction of sp³-hybridized carbons (Fsp3) is 0.273. The smallest absolute Gasteiger partial charge is 0.438 e. The van der Waals surface area contributed by atoms with E-state index >= 15 is 0 Å². The van der Waals surface area contributed by atoms with Crippen LogP contribution in [0, 0.1) is 0 Å². The maximum absolute atomic E-state index is 13.0. The van der Waals surface area contributed by atoms with E-state index in [2.05, 4.69) is 9.72 Å². The first kappa shape index (κ1) is 20.9. The van der Waals surface area contributed by atoms with E-state index in [0.717, 1.165) is 5.56 Å². The van der Waals surface area contributed by atoms with Gasteiger partial charge in [0.2, 0.25) is 6.23 Å². The van der Waals surface area contributed by atoms with Gasteiger partial charge >= 0.3 is 6.16 Å². The van der Waals surface area contributed by atoms with Crippen molar-refractivity contribution in [2.24, 2.45) is 5.10 Å². The van der Waals surface area contributed by atoms with Crippen molar-refractivity contribution in [2.75, 3.05) is 12.1 Å². The highest BCUT2D eigenvalue weighted by atomic mass is 35.5. The summed E-state index contributed by atoms with van der Waals surface area (Å²) < 4.78 is 10.0. The number of methoxy groups -OCH3 is 1. The maximum Gasteiger partial charge on any atom is 0.510 e. The summed E-state index contributed by atoms with van der Waals surface area (Å²) in [4.78, 5) is 30.7. The van der Waals surface area contributed by atoms with Crippen molar-refractivity contribution in [3.63, 3.8) is 0 Å². The Balaban J connectivity index is 1.72. The molecule has 2 aliphatic heterocycles. The van der Waals surface area contributed by atoms with Gasteiger partial charge < -0.3 is 9.47 Å². The van der Waals surface area contributed by atoms with Crippen LogP contribution in [0.3, 0.4) is 0 Å². The fourth-order valence-corrected chi connectivity index (χ4v) is 3.78. The average Bonchev–Trinajstić information content (AvgIpc) is 3.30. The van der Waals surface area contributed by atoms with Gasteiger partial charge in [-0.3, -0.25) is 9.69 Å². The Morgan fingerprint density at radius 3 is 2.55 bits per heavy atom. The van der Waals surface area contributed by atoms with Crippen molar-refractivity contribution < 1.29 is 19.1 Å². The number of anilines is 1. The van der Waals surface area contributed by atoms with Crippen LogP contribution in [0.2, 0.25) is 5.02 Å². The van der Waals surface area contributed by atoms with Gasteiger partial charge in [0.25, 0.3) is 5.91 Å². The van der Waals surface area contributed by atoms with Crippen molar-refractivity contribution in [1.82, 2.24) is 9.88 Å². The molecule has 0 bridgehead atoms. The molecule has 31 heavy (non-hydrogen) atoms. The summed E-state index contributed by atoms with van der Waals surface area (Å²) in [5, 5.41) is 7.12. The second kappa shape index (κ2) is 8.39. The lowest BCUT2D eigenvalue weighted by Gasteiger charge is -2.25. The molecule has 3 heterocycles. The minimum Gasteiger partial charge on any atom is -0.438 e. The Morgan fingerprint density at radius 2 is 1.90 bits per heavy atom. The van der Waals surface area contributed by atoms with Crippen LogP contribution in [0.1, 0.15) is 31.9 Å². The number of hydrazone groups is 1. The van der Waals surface area contributed by atoms with Crippen LogP contribution in [0.15, 0.2) is 64.9 Å². The van der Waals surface area contributed by atoms with Gasteiger partial charge in [-0.15, -0.1) is 0 Å². The number of hydrogen-bond donors (Lipinski definition) is 0. The highest BCUT2D eigenvalue weighted by molar-refractivity contribution is 6.30. The van der Waals surface area contributed by atoms with Gasteiger partial charge in [-0.1, -0.05) is 29.8 Å². The van der Waals surface area contributed by atoms with E-state index in [4.69, 9.17) is 21.4 Å². The summed E-state index contributed by atoms with van der Waals surface area (Å²) >= 11 is 6.06. The number of hydrogen-bond acceptors (Lipinski definition) is 7. The molecule has 2 atom stereocenters. The Morgan fingerprint density at radius 1 is 1.16 bits per heavy atom. The number of amidine groups is 1. The van der Waals surface area contributed by atoms with E-state index in [1.54, 1.807) is 25.1 Å². The molecule has 0 saturated heterocycles. The molecule has 1 amide bonds. The van der Waals surface area contributed by atoms with E-state index in [9.17, 15) is 9.59 Å². The molecule has 0 fully saturated rings. The summed E-state index contributed by atoms with van der Waals surface area (Å²) in [5.74, 6) is 0.847. The number of aromatic nitrogens is 1. The van der Waals surface area contributed by atoms with E-state index < -0.39 is 12.4 Å². The topological polar surface area (TPSA) is 84.3 Å². The molecule has 2 aliphatic rings. The van der Waals surface area contributed by atoms with Gasteiger partial charge in [0.05, 0.1) is 13.2 Å². The summed E-state index contributed by atoms with van der Waals surface area (Å²) in [5.41, 5.74) is 2.11. The lowest BCUT2D eigenvalue weighted by atomic mass is 10.0. The Bertz CT molecular complexity index is 1070. The molecule has 1 aromatic carbocycles. The van der Waals surface area contributed by atoms with Crippen molar-refractivity contribution in [1.29, 1.82) is 0 Å². The second-order valence-corrected chi connectivity index (χ2v) is 7.66. The Labute approximate surface area is 184 Å². The number of nitrogens with zero attached hydrogens (tertiary/aromatic N) is 4. The van der Waals surface area contributed by atoms with Crippen LogP contribution in [0.4, 0.5) is 10.6 Å². The molecule has 2 aromatic rings. The Kier molecular flexibility index (Phi) is 5.65. The van der Waals surface area contributed by atoms with Crippen LogP contribution in [-0.2, 0) is 14.3 Å². The lowest BCUT2D eigenvalue weighted by molar-refractivity contribution is -0.127. The lowest BCUT2D eigenvalue weighted by Crippen LogP contribution is -2.42. The summed E-state index contributed by atoms with van der Waals surface area (Å²) in [6, 6.07) is 12.8. The van der Waals surface area contributed by atoms with Crippen molar-refractivity contribution >= 4 is 35.3 Å². The van der Waals surface area contributed by atoms with E-state index in [0.29, 0.717) is 34.2 Å². The number of carbonyl (C=O) groups excluding carboxylic acids is 2. The molecule has 4 rings (SSSR count). The highest BCUT2D eigenvalue weighted by Gasteiger charge is 2.44. The van der Waals surface area contributed by atoms with Gasteiger partial charge in [-0.05, 0) is 49.2 Å². The first-order chi connectivity index (χ1) is 14.9. The van der Waals surface area contributed by atoms with E-state index in [1.807, 2.05) is 42.5 Å². The minimum absolute atomic E-state index is 0.213. The van der Waals surface area contributed by atoms with Crippen molar-refractivity contribution in [2.45, 2.75) is 32.5 Å². The van der Waals surface area contributed by atoms with E-state index in [1.165, 1.54) is 12.0 Å². The molecule has 0 N–H and O–H groups in total. The quantitative estimate of drug-likeness (QED) is 0.662. The molecule has 1 aromatic heterocycles. The number of halogens is 1. The number of benzene rings is 1. The zero-order valence-corrected chi connectivity index (χ0v) is 18.0. The third-order valence-corrected chi connectivity index (χ3v) is 5.67. The normalized spacial score (nSPS) is 20.9. The number of pyridine rings is 1. The number of rotatable bonds is 3. The summed E-state index contributed by atoms with van der Waals surface area (Å²) in [7, 11) is 1.22.